The third-order valence-corrected chi connectivity index (χ3v) is 3.91. The average Bonchev–Trinajstić information content (AvgIpc) is 2.50. The topological polar surface area (TPSA) is 111 Å². The first-order valence-corrected chi connectivity index (χ1v) is 7.50. The van der Waals surface area contributed by atoms with Gasteiger partial charge in [0.15, 0.2) is 0 Å². The fourth-order valence-corrected chi connectivity index (χ4v) is 2.62. The summed E-state index contributed by atoms with van der Waals surface area (Å²) in [5.74, 6) is 5.10. The van der Waals surface area contributed by atoms with Crippen molar-refractivity contribution in [2.24, 2.45) is 5.73 Å². The van der Waals surface area contributed by atoms with Crippen LogP contribution >= 0.6 is 0 Å². The maximum absolute atomic E-state index is 12.2. The number of amides is 1. The van der Waals surface area contributed by atoms with Crippen LogP contribution in [0.3, 0.4) is 0 Å². The number of likely N-dealkylation sites (N-methyl/N-ethyl adjacent to an activating group) is 1. The molecule has 1 aromatic rings. The van der Waals surface area contributed by atoms with Gasteiger partial charge in [-0.3, -0.25) is 4.79 Å². The summed E-state index contributed by atoms with van der Waals surface area (Å²) in [5.41, 5.74) is 5.77. The summed E-state index contributed by atoms with van der Waals surface area (Å²) < 4.78 is 31.7. The molecular formula is C13H17N3O4S. The fourth-order valence-electron chi connectivity index (χ4n) is 1.44. The van der Waals surface area contributed by atoms with Crippen LogP contribution in [0.1, 0.15) is 5.56 Å². The molecule has 8 heteroatoms. The molecule has 0 saturated heterocycles. The van der Waals surface area contributed by atoms with Gasteiger partial charge in [-0.15, -0.1) is 0 Å². The van der Waals surface area contributed by atoms with Crippen LogP contribution in [0.25, 0.3) is 0 Å². The normalized spacial score (nSPS) is 10.4. The van der Waals surface area contributed by atoms with E-state index in [1.165, 1.54) is 26.3 Å². The number of carbonyl (C=O) groups is 1. The van der Waals surface area contributed by atoms with Crippen molar-refractivity contribution in [1.82, 2.24) is 10.0 Å². The van der Waals surface area contributed by atoms with Crippen molar-refractivity contribution in [3.8, 4) is 17.6 Å². The van der Waals surface area contributed by atoms with Gasteiger partial charge in [-0.05, 0) is 18.2 Å². The molecule has 0 aromatic heterocycles. The highest BCUT2D eigenvalue weighted by Gasteiger charge is 2.20. The van der Waals surface area contributed by atoms with E-state index < -0.39 is 15.9 Å². The Morgan fingerprint density at radius 2 is 2.14 bits per heavy atom. The lowest BCUT2D eigenvalue weighted by Crippen LogP contribution is -2.35. The summed E-state index contributed by atoms with van der Waals surface area (Å²) in [6.45, 7) is -0.191. The number of sulfonamides is 1. The van der Waals surface area contributed by atoms with Crippen LogP contribution in [0.4, 0.5) is 0 Å². The molecule has 21 heavy (non-hydrogen) atoms. The van der Waals surface area contributed by atoms with Gasteiger partial charge in [0, 0.05) is 12.6 Å². The predicted octanol–water partition coefficient (Wildman–Crippen LogP) is -0.970. The van der Waals surface area contributed by atoms with Crippen molar-refractivity contribution >= 4 is 15.9 Å². The van der Waals surface area contributed by atoms with Crippen LogP contribution in [0.5, 0.6) is 5.75 Å². The smallest absolute Gasteiger partial charge is 0.244 e. The summed E-state index contributed by atoms with van der Waals surface area (Å²) in [4.78, 5) is 11.1. The SMILES string of the molecule is CNC(=O)CNS(=O)(=O)c1cc(C#CCN)ccc1OC. The van der Waals surface area contributed by atoms with E-state index in [0.717, 1.165) is 0 Å². The van der Waals surface area contributed by atoms with Crippen LogP contribution in [-0.2, 0) is 14.8 Å². The first-order chi connectivity index (χ1) is 9.94. The van der Waals surface area contributed by atoms with E-state index in [9.17, 15) is 13.2 Å². The van der Waals surface area contributed by atoms with Gasteiger partial charge in [-0.25, -0.2) is 13.1 Å². The molecule has 0 aliphatic heterocycles. The van der Waals surface area contributed by atoms with Crippen LogP contribution in [0.15, 0.2) is 23.1 Å². The lowest BCUT2D eigenvalue weighted by molar-refractivity contribution is -0.119. The minimum atomic E-state index is -3.89. The number of carbonyl (C=O) groups excluding carboxylic acids is 1. The number of methoxy groups -OCH3 is 1. The molecule has 0 aliphatic rings. The number of ether oxygens (including phenoxy) is 1. The summed E-state index contributed by atoms with van der Waals surface area (Å²) in [5, 5.41) is 2.32. The monoisotopic (exact) mass is 311 g/mol. The molecule has 1 aromatic carbocycles. The van der Waals surface area contributed by atoms with Gasteiger partial charge in [-0.1, -0.05) is 11.8 Å². The first-order valence-electron chi connectivity index (χ1n) is 6.02. The lowest BCUT2D eigenvalue weighted by Gasteiger charge is -2.10. The molecule has 0 atom stereocenters. The molecular weight excluding hydrogens is 294 g/mol. The van der Waals surface area contributed by atoms with Crippen molar-refractivity contribution in [2.45, 2.75) is 4.90 Å². The molecule has 0 unspecified atom stereocenters. The van der Waals surface area contributed by atoms with Crippen molar-refractivity contribution in [3.05, 3.63) is 23.8 Å². The van der Waals surface area contributed by atoms with Crippen LogP contribution < -0.4 is 20.5 Å². The zero-order chi connectivity index (χ0) is 15.9. The molecule has 114 valence electrons. The van der Waals surface area contributed by atoms with E-state index >= 15 is 0 Å². The van der Waals surface area contributed by atoms with Crippen LogP contribution in [0, 0.1) is 11.8 Å². The second kappa shape index (κ2) is 7.64. The quantitative estimate of drug-likeness (QED) is 0.606. The van der Waals surface area contributed by atoms with Crippen LogP contribution in [0.2, 0.25) is 0 Å². The third kappa shape index (κ3) is 4.75. The highest BCUT2D eigenvalue weighted by atomic mass is 32.2. The Hall–Kier alpha value is -2.08. The Morgan fingerprint density at radius 3 is 2.71 bits per heavy atom. The number of rotatable bonds is 5. The molecule has 0 heterocycles. The zero-order valence-electron chi connectivity index (χ0n) is 11.8. The highest BCUT2D eigenvalue weighted by molar-refractivity contribution is 7.89. The molecule has 4 N–H and O–H groups in total. The van der Waals surface area contributed by atoms with Gasteiger partial charge < -0.3 is 15.8 Å². The lowest BCUT2D eigenvalue weighted by atomic mass is 10.2. The number of nitrogens with two attached hydrogens (primary N) is 1. The van der Waals surface area contributed by atoms with E-state index in [2.05, 4.69) is 21.9 Å². The minimum absolute atomic E-state index is 0.0854. The maximum Gasteiger partial charge on any atom is 0.244 e. The Morgan fingerprint density at radius 1 is 1.43 bits per heavy atom. The van der Waals surface area contributed by atoms with Crippen molar-refractivity contribution in [1.29, 1.82) is 0 Å². The Labute approximate surface area is 123 Å². The summed E-state index contributed by atoms with van der Waals surface area (Å²) in [7, 11) is -1.11. The van der Waals surface area contributed by atoms with Gasteiger partial charge in [0.25, 0.3) is 0 Å². The second-order valence-electron chi connectivity index (χ2n) is 3.87. The van der Waals surface area contributed by atoms with Crippen molar-refractivity contribution < 1.29 is 17.9 Å². The summed E-state index contributed by atoms with van der Waals surface area (Å²) in [6.07, 6.45) is 0. The summed E-state index contributed by atoms with van der Waals surface area (Å²) in [6, 6.07) is 4.49. The predicted molar refractivity (Wildman–Crippen MR) is 78.2 cm³/mol. The molecule has 0 bridgehead atoms. The molecule has 1 amide bonds. The molecule has 0 radical (unpaired) electrons. The molecule has 0 aliphatic carbocycles. The van der Waals surface area contributed by atoms with Gasteiger partial charge in [0.1, 0.15) is 10.6 Å². The van der Waals surface area contributed by atoms with Gasteiger partial charge in [0.05, 0.1) is 20.2 Å². The van der Waals surface area contributed by atoms with Gasteiger partial charge >= 0.3 is 0 Å². The number of hydrogen-bond acceptors (Lipinski definition) is 5. The molecule has 7 nitrogen and oxygen atoms in total. The Bertz CT molecular complexity index is 674. The molecule has 0 fully saturated rings. The van der Waals surface area contributed by atoms with E-state index in [0.29, 0.717) is 5.56 Å². The second-order valence-corrected chi connectivity index (χ2v) is 5.60. The zero-order valence-corrected chi connectivity index (χ0v) is 12.6. The van der Waals surface area contributed by atoms with E-state index in [4.69, 9.17) is 10.5 Å². The average molecular weight is 311 g/mol. The highest BCUT2D eigenvalue weighted by Crippen LogP contribution is 2.24. The first kappa shape index (κ1) is 17.0. The number of hydrogen-bond donors (Lipinski definition) is 3. The maximum atomic E-state index is 12.2. The number of benzene rings is 1. The Kier molecular flexibility index (Phi) is 6.17. The molecule has 0 spiro atoms. The summed E-state index contributed by atoms with van der Waals surface area (Å²) >= 11 is 0. The van der Waals surface area contributed by atoms with Gasteiger partial charge in [0.2, 0.25) is 15.9 Å². The molecule has 1 rings (SSSR count). The standard InChI is InChI=1S/C13H17N3O4S/c1-15-13(17)9-16-21(18,19)12-8-10(4-3-7-14)5-6-11(12)20-2/h5-6,8,16H,7,9,14H2,1-2H3,(H,15,17). The number of nitrogens with one attached hydrogen (secondary N) is 2. The third-order valence-electron chi connectivity index (χ3n) is 2.49. The van der Waals surface area contributed by atoms with Crippen molar-refractivity contribution in [3.63, 3.8) is 0 Å². The van der Waals surface area contributed by atoms with E-state index in [1.807, 2.05) is 0 Å². The Balaban J connectivity index is 3.16. The largest absolute Gasteiger partial charge is 0.495 e. The van der Waals surface area contributed by atoms with Crippen LogP contribution in [-0.4, -0.2) is 41.6 Å². The van der Waals surface area contributed by atoms with Crippen molar-refractivity contribution in [2.75, 3.05) is 27.2 Å². The fraction of sp³-hybridized carbons (Fsp3) is 0.308. The van der Waals surface area contributed by atoms with Gasteiger partial charge in [-0.2, -0.15) is 0 Å². The van der Waals surface area contributed by atoms with E-state index in [1.54, 1.807) is 6.07 Å². The minimum Gasteiger partial charge on any atom is -0.495 e. The van der Waals surface area contributed by atoms with E-state index in [-0.39, 0.29) is 23.7 Å². The molecule has 0 saturated carbocycles.